The number of hydrogen-bond acceptors (Lipinski definition) is 5. The number of nitrogens with zero attached hydrogens (tertiary/aromatic N) is 2. The van der Waals surface area contributed by atoms with Crippen LogP contribution >= 0.6 is 0 Å². The van der Waals surface area contributed by atoms with Gasteiger partial charge in [0, 0.05) is 32.7 Å². The molecule has 0 aromatic carbocycles. The molecule has 1 amide bonds. The number of ether oxygens (including phenoxy) is 2. The van der Waals surface area contributed by atoms with E-state index in [0.717, 1.165) is 13.1 Å². The third-order valence-corrected chi connectivity index (χ3v) is 3.85. The maximum Gasteiger partial charge on any atom is 0.239 e. The van der Waals surface area contributed by atoms with Gasteiger partial charge in [-0.15, -0.1) is 0 Å². The van der Waals surface area contributed by atoms with E-state index in [1.165, 1.54) is 0 Å². The Morgan fingerprint density at radius 1 is 1.37 bits per heavy atom. The van der Waals surface area contributed by atoms with Crippen LogP contribution in [0.15, 0.2) is 0 Å². The SMILES string of the molecule is CC1CN(C(C)C(=O)N2CCOCC2)CC(CN)O1. The van der Waals surface area contributed by atoms with Gasteiger partial charge < -0.3 is 20.1 Å². The molecule has 0 radical (unpaired) electrons. The first-order valence-electron chi connectivity index (χ1n) is 7.08. The first-order valence-corrected chi connectivity index (χ1v) is 7.08. The second-order valence-electron chi connectivity index (χ2n) is 5.37. The molecule has 2 rings (SSSR count). The zero-order valence-electron chi connectivity index (χ0n) is 11.9. The van der Waals surface area contributed by atoms with Crippen molar-refractivity contribution in [2.24, 2.45) is 5.73 Å². The van der Waals surface area contributed by atoms with E-state index in [1.807, 2.05) is 18.7 Å². The standard InChI is InChI=1S/C13H25N3O3/c1-10-8-16(9-12(7-14)19-10)11(2)13(17)15-3-5-18-6-4-15/h10-12H,3-9,14H2,1-2H3. The summed E-state index contributed by atoms with van der Waals surface area (Å²) < 4.78 is 11.0. The van der Waals surface area contributed by atoms with Gasteiger partial charge in [-0.3, -0.25) is 9.69 Å². The Hall–Kier alpha value is -0.690. The van der Waals surface area contributed by atoms with Crippen molar-refractivity contribution < 1.29 is 14.3 Å². The third kappa shape index (κ3) is 3.66. The number of carbonyl (C=O) groups excluding carboxylic acids is 1. The molecule has 0 saturated carbocycles. The van der Waals surface area contributed by atoms with Gasteiger partial charge in [0.15, 0.2) is 0 Å². The summed E-state index contributed by atoms with van der Waals surface area (Å²) in [5.74, 6) is 0.188. The fourth-order valence-electron chi connectivity index (χ4n) is 2.73. The Bertz CT molecular complexity index is 308. The molecule has 19 heavy (non-hydrogen) atoms. The lowest BCUT2D eigenvalue weighted by molar-refractivity contribution is -0.146. The normalized spacial score (nSPS) is 31.2. The molecule has 0 aromatic heterocycles. The summed E-state index contributed by atoms with van der Waals surface area (Å²) in [4.78, 5) is 16.5. The van der Waals surface area contributed by atoms with Crippen molar-refractivity contribution in [2.75, 3.05) is 45.9 Å². The van der Waals surface area contributed by atoms with E-state index < -0.39 is 0 Å². The van der Waals surface area contributed by atoms with E-state index >= 15 is 0 Å². The fraction of sp³-hybridized carbons (Fsp3) is 0.923. The first kappa shape index (κ1) is 14.7. The van der Waals surface area contributed by atoms with Crippen molar-refractivity contribution in [2.45, 2.75) is 32.1 Å². The van der Waals surface area contributed by atoms with Crippen molar-refractivity contribution in [3.05, 3.63) is 0 Å². The van der Waals surface area contributed by atoms with E-state index in [1.54, 1.807) is 0 Å². The lowest BCUT2D eigenvalue weighted by atomic mass is 10.1. The number of nitrogens with two attached hydrogens (primary N) is 1. The molecular formula is C13H25N3O3. The summed E-state index contributed by atoms with van der Waals surface area (Å²) in [5, 5.41) is 0. The topological polar surface area (TPSA) is 68.0 Å². The van der Waals surface area contributed by atoms with E-state index in [-0.39, 0.29) is 24.2 Å². The van der Waals surface area contributed by atoms with Crippen LogP contribution in [0.2, 0.25) is 0 Å². The van der Waals surface area contributed by atoms with Gasteiger partial charge in [-0.2, -0.15) is 0 Å². The monoisotopic (exact) mass is 271 g/mol. The minimum Gasteiger partial charge on any atom is -0.378 e. The third-order valence-electron chi connectivity index (χ3n) is 3.85. The summed E-state index contributed by atoms with van der Waals surface area (Å²) in [7, 11) is 0. The van der Waals surface area contributed by atoms with Crippen LogP contribution in [0.3, 0.4) is 0 Å². The van der Waals surface area contributed by atoms with Gasteiger partial charge in [-0.25, -0.2) is 0 Å². The molecule has 0 aliphatic carbocycles. The Morgan fingerprint density at radius 2 is 2.05 bits per heavy atom. The molecule has 2 heterocycles. The van der Waals surface area contributed by atoms with Gasteiger partial charge in [0.25, 0.3) is 0 Å². The van der Waals surface area contributed by atoms with Crippen molar-refractivity contribution in [3.63, 3.8) is 0 Å². The second-order valence-corrected chi connectivity index (χ2v) is 5.37. The Balaban J connectivity index is 1.93. The number of amides is 1. The smallest absolute Gasteiger partial charge is 0.239 e. The molecular weight excluding hydrogens is 246 g/mol. The molecule has 6 heteroatoms. The minimum absolute atomic E-state index is 0.0312. The summed E-state index contributed by atoms with van der Waals surface area (Å²) in [6.07, 6.45) is 0.158. The summed E-state index contributed by atoms with van der Waals surface area (Å²) in [6, 6.07) is -0.113. The summed E-state index contributed by atoms with van der Waals surface area (Å²) in [5.41, 5.74) is 5.68. The highest BCUT2D eigenvalue weighted by atomic mass is 16.5. The van der Waals surface area contributed by atoms with Gasteiger partial charge >= 0.3 is 0 Å². The van der Waals surface area contributed by atoms with Gasteiger partial charge in [0.2, 0.25) is 5.91 Å². The molecule has 2 aliphatic rings. The molecule has 2 saturated heterocycles. The highest BCUT2D eigenvalue weighted by Crippen LogP contribution is 2.15. The van der Waals surface area contributed by atoms with Crippen molar-refractivity contribution in [1.82, 2.24) is 9.80 Å². The number of morpholine rings is 2. The molecule has 110 valence electrons. The quantitative estimate of drug-likeness (QED) is 0.734. The van der Waals surface area contributed by atoms with Crippen LogP contribution in [0.5, 0.6) is 0 Å². The van der Waals surface area contributed by atoms with Crippen molar-refractivity contribution in [3.8, 4) is 0 Å². The second kappa shape index (κ2) is 6.65. The highest BCUT2D eigenvalue weighted by Gasteiger charge is 2.32. The average molecular weight is 271 g/mol. The predicted molar refractivity (Wildman–Crippen MR) is 71.8 cm³/mol. The van der Waals surface area contributed by atoms with E-state index in [0.29, 0.717) is 32.8 Å². The lowest BCUT2D eigenvalue weighted by Gasteiger charge is -2.41. The molecule has 3 unspecified atom stereocenters. The Morgan fingerprint density at radius 3 is 2.68 bits per heavy atom. The maximum absolute atomic E-state index is 12.5. The predicted octanol–water partition coefficient (Wildman–Crippen LogP) is -0.718. The number of rotatable bonds is 3. The van der Waals surface area contributed by atoms with Crippen molar-refractivity contribution >= 4 is 5.91 Å². The van der Waals surface area contributed by atoms with E-state index in [2.05, 4.69) is 4.90 Å². The van der Waals surface area contributed by atoms with E-state index in [9.17, 15) is 4.79 Å². The zero-order chi connectivity index (χ0) is 13.8. The van der Waals surface area contributed by atoms with Crippen LogP contribution in [0.4, 0.5) is 0 Å². The van der Waals surface area contributed by atoms with Gasteiger partial charge in [0.1, 0.15) is 0 Å². The Labute approximate surface area is 114 Å². The highest BCUT2D eigenvalue weighted by molar-refractivity contribution is 5.81. The minimum atomic E-state index is -0.113. The molecule has 0 spiro atoms. The largest absolute Gasteiger partial charge is 0.378 e. The summed E-state index contributed by atoms with van der Waals surface area (Å²) in [6.45, 7) is 8.70. The molecule has 2 fully saturated rings. The van der Waals surface area contributed by atoms with Crippen LogP contribution in [-0.4, -0.2) is 79.9 Å². The van der Waals surface area contributed by atoms with Crippen LogP contribution in [0.25, 0.3) is 0 Å². The zero-order valence-corrected chi connectivity index (χ0v) is 11.9. The first-order chi connectivity index (χ1) is 9.11. The summed E-state index contributed by atoms with van der Waals surface area (Å²) >= 11 is 0. The van der Waals surface area contributed by atoms with Crippen LogP contribution in [0.1, 0.15) is 13.8 Å². The molecule has 3 atom stereocenters. The molecule has 2 aliphatic heterocycles. The molecule has 0 bridgehead atoms. The van der Waals surface area contributed by atoms with Crippen LogP contribution in [0, 0.1) is 0 Å². The fourth-order valence-corrected chi connectivity index (χ4v) is 2.73. The Kier molecular flexibility index (Phi) is 5.15. The molecule has 6 nitrogen and oxygen atoms in total. The average Bonchev–Trinajstić information content (AvgIpc) is 2.46. The number of carbonyl (C=O) groups is 1. The lowest BCUT2D eigenvalue weighted by Crippen LogP contribution is -2.57. The van der Waals surface area contributed by atoms with Crippen molar-refractivity contribution in [1.29, 1.82) is 0 Å². The van der Waals surface area contributed by atoms with Crippen LogP contribution in [-0.2, 0) is 14.3 Å². The van der Waals surface area contributed by atoms with E-state index in [4.69, 9.17) is 15.2 Å². The number of hydrogen-bond donors (Lipinski definition) is 1. The van der Waals surface area contributed by atoms with Gasteiger partial charge in [0.05, 0.1) is 31.5 Å². The molecule has 0 aromatic rings. The van der Waals surface area contributed by atoms with Crippen LogP contribution < -0.4 is 5.73 Å². The van der Waals surface area contributed by atoms with Gasteiger partial charge in [-0.1, -0.05) is 0 Å². The van der Waals surface area contributed by atoms with Gasteiger partial charge in [-0.05, 0) is 13.8 Å². The molecule has 2 N–H and O–H groups in total. The maximum atomic E-state index is 12.5.